The Labute approximate surface area is 83.0 Å². The largest absolute Gasteiger partial charge is 0.411 e. The van der Waals surface area contributed by atoms with E-state index in [9.17, 15) is 0 Å². The van der Waals surface area contributed by atoms with Crippen molar-refractivity contribution in [2.75, 3.05) is 6.61 Å². The van der Waals surface area contributed by atoms with Crippen LogP contribution in [0.1, 0.15) is 17.5 Å². The molecule has 0 amide bonds. The lowest BCUT2D eigenvalue weighted by atomic mass is 10.1. The second-order valence-corrected chi connectivity index (χ2v) is 2.79. The predicted octanol–water partition coefficient (Wildman–Crippen LogP) is 1.89. The lowest BCUT2D eigenvalue weighted by Crippen LogP contribution is -1.86. The molecule has 2 N–H and O–H groups in total. The quantitative estimate of drug-likeness (QED) is 0.434. The SMILES string of the molecule is OCCC=Cc1ccccc1C=NO. The van der Waals surface area contributed by atoms with Crippen molar-refractivity contribution in [3.8, 4) is 0 Å². The van der Waals surface area contributed by atoms with Crippen LogP contribution in [0.25, 0.3) is 6.08 Å². The molecule has 1 aromatic rings. The van der Waals surface area contributed by atoms with Gasteiger partial charge in [0.15, 0.2) is 0 Å². The Morgan fingerprint density at radius 2 is 1.93 bits per heavy atom. The van der Waals surface area contributed by atoms with Gasteiger partial charge in [-0.15, -0.1) is 0 Å². The molecule has 3 heteroatoms. The van der Waals surface area contributed by atoms with Crippen molar-refractivity contribution in [2.45, 2.75) is 6.42 Å². The molecule has 14 heavy (non-hydrogen) atoms. The van der Waals surface area contributed by atoms with Crippen molar-refractivity contribution < 1.29 is 10.3 Å². The van der Waals surface area contributed by atoms with Crippen LogP contribution in [0.2, 0.25) is 0 Å². The fourth-order valence-electron chi connectivity index (χ4n) is 1.13. The van der Waals surface area contributed by atoms with Gasteiger partial charge in [-0.1, -0.05) is 41.6 Å². The van der Waals surface area contributed by atoms with Gasteiger partial charge < -0.3 is 10.3 Å². The third-order valence-electron chi connectivity index (χ3n) is 1.79. The van der Waals surface area contributed by atoms with Crippen molar-refractivity contribution in [1.29, 1.82) is 0 Å². The minimum Gasteiger partial charge on any atom is -0.411 e. The summed E-state index contributed by atoms with van der Waals surface area (Å²) in [6, 6.07) is 7.57. The van der Waals surface area contributed by atoms with Crippen LogP contribution in [0.3, 0.4) is 0 Å². The Morgan fingerprint density at radius 3 is 2.57 bits per heavy atom. The molecule has 0 unspecified atom stereocenters. The van der Waals surface area contributed by atoms with E-state index in [0.717, 1.165) is 11.1 Å². The lowest BCUT2D eigenvalue weighted by Gasteiger charge is -1.98. The van der Waals surface area contributed by atoms with Crippen LogP contribution >= 0.6 is 0 Å². The van der Waals surface area contributed by atoms with Gasteiger partial charge in [0.1, 0.15) is 0 Å². The molecule has 0 spiro atoms. The van der Waals surface area contributed by atoms with Gasteiger partial charge in [0, 0.05) is 12.2 Å². The van der Waals surface area contributed by atoms with E-state index in [0.29, 0.717) is 6.42 Å². The number of nitrogens with zero attached hydrogens (tertiary/aromatic N) is 1. The summed E-state index contributed by atoms with van der Waals surface area (Å²) in [6.45, 7) is 0.146. The Kier molecular flexibility index (Phi) is 4.44. The second kappa shape index (κ2) is 5.94. The predicted molar refractivity (Wildman–Crippen MR) is 56.6 cm³/mol. The summed E-state index contributed by atoms with van der Waals surface area (Å²) >= 11 is 0. The molecule has 74 valence electrons. The Morgan fingerprint density at radius 1 is 1.21 bits per heavy atom. The zero-order valence-corrected chi connectivity index (χ0v) is 7.80. The Bertz CT molecular complexity index is 332. The fourth-order valence-corrected chi connectivity index (χ4v) is 1.13. The highest BCUT2D eigenvalue weighted by Gasteiger charge is 1.93. The highest BCUT2D eigenvalue weighted by Crippen LogP contribution is 2.08. The van der Waals surface area contributed by atoms with Gasteiger partial charge in [0.05, 0.1) is 6.21 Å². The van der Waals surface area contributed by atoms with Crippen molar-refractivity contribution in [3.63, 3.8) is 0 Å². The summed E-state index contributed by atoms with van der Waals surface area (Å²) in [5.41, 5.74) is 1.82. The molecule has 0 aliphatic carbocycles. The van der Waals surface area contributed by atoms with E-state index in [1.807, 2.05) is 36.4 Å². The number of aliphatic hydroxyl groups excluding tert-OH is 1. The molecule has 0 bridgehead atoms. The smallest absolute Gasteiger partial charge is 0.0739 e. The highest BCUT2D eigenvalue weighted by molar-refractivity contribution is 5.84. The first-order chi connectivity index (χ1) is 6.88. The first kappa shape index (κ1) is 10.5. The number of benzene rings is 1. The summed E-state index contributed by atoms with van der Waals surface area (Å²) in [5, 5.41) is 20.0. The molecule has 1 rings (SSSR count). The normalized spacial score (nSPS) is 11.5. The number of rotatable bonds is 4. The molecule has 0 atom stereocenters. The summed E-state index contributed by atoms with van der Waals surface area (Å²) < 4.78 is 0. The monoisotopic (exact) mass is 191 g/mol. The number of hydrogen-bond acceptors (Lipinski definition) is 3. The van der Waals surface area contributed by atoms with E-state index in [2.05, 4.69) is 5.16 Å². The van der Waals surface area contributed by atoms with Crippen LogP contribution < -0.4 is 0 Å². The van der Waals surface area contributed by atoms with E-state index < -0.39 is 0 Å². The van der Waals surface area contributed by atoms with Crippen molar-refractivity contribution in [1.82, 2.24) is 0 Å². The molecule has 3 nitrogen and oxygen atoms in total. The van der Waals surface area contributed by atoms with Gasteiger partial charge in [0.25, 0.3) is 0 Å². The average molecular weight is 191 g/mol. The van der Waals surface area contributed by atoms with Crippen molar-refractivity contribution in [3.05, 3.63) is 41.5 Å². The van der Waals surface area contributed by atoms with Crippen molar-refractivity contribution in [2.24, 2.45) is 5.16 Å². The van der Waals surface area contributed by atoms with Gasteiger partial charge >= 0.3 is 0 Å². The molecule has 0 aliphatic rings. The van der Waals surface area contributed by atoms with E-state index in [4.69, 9.17) is 10.3 Å². The van der Waals surface area contributed by atoms with Crippen LogP contribution in [-0.2, 0) is 0 Å². The summed E-state index contributed by atoms with van der Waals surface area (Å²) in [4.78, 5) is 0. The third-order valence-corrected chi connectivity index (χ3v) is 1.79. The first-order valence-corrected chi connectivity index (χ1v) is 4.42. The van der Waals surface area contributed by atoms with E-state index in [-0.39, 0.29) is 6.61 Å². The summed E-state index contributed by atoms with van der Waals surface area (Å²) in [6.07, 6.45) is 5.79. The maximum Gasteiger partial charge on any atom is 0.0739 e. The summed E-state index contributed by atoms with van der Waals surface area (Å²) in [7, 11) is 0. The first-order valence-electron chi connectivity index (χ1n) is 4.42. The molecule has 0 saturated heterocycles. The molecule has 0 aliphatic heterocycles. The van der Waals surface area contributed by atoms with Crippen LogP contribution in [0.5, 0.6) is 0 Å². The van der Waals surface area contributed by atoms with E-state index in [1.165, 1.54) is 6.21 Å². The zero-order valence-electron chi connectivity index (χ0n) is 7.80. The minimum absolute atomic E-state index is 0.146. The van der Waals surface area contributed by atoms with Gasteiger partial charge in [-0.2, -0.15) is 0 Å². The molecule has 0 saturated carbocycles. The van der Waals surface area contributed by atoms with Crippen LogP contribution in [-0.4, -0.2) is 23.1 Å². The average Bonchev–Trinajstić information content (AvgIpc) is 2.21. The molecule has 0 aromatic heterocycles. The second-order valence-electron chi connectivity index (χ2n) is 2.79. The van der Waals surface area contributed by atoms with Crippen molar-refractivity contribution >= 4 is 12.3 Å². The fraction of sp³-hybridized carbons (Fsp3) is 0.182. The van der Waals surface area contributed by atoms with Crippen LogP contribution in [0.4, 0.5) is 0 Å². The standard InChI is InChI=1S/C11H13NO2/c13-8-4-3-6-10-5-1-2-7-11(10)9-12-14/h1-3,5-7,9,13-14H,4,8H2. The Balaban J connectivity index is 2.84. The van der Waals surface area contributed by atoms with Crippen LogP contribution in [0, 0.1) is 0 Å². The molecular weight excluding hydrogens is 178 g/mol. The molecule has 0 radical (unpaired) electrons. The minimum atomic E-state index is 0.146. The Hall–Kier alpha value is -1.61. The summed E-state index contributed by atoms with van der Waals surface area (Å²) in [5.74, 6) is 0. The maximum atomic E-state index is 8.60. The van der Waals surface area contributed by atoms with Gasteiger partial charge in [-0.3, -0.25) is 0 Å². The number of aliphatic hydroxyl groups is 1. The number of oxime groups is 1. The molecule has 0 fully saturated rings. The molecule has 0 heterocycles. The van der Waals surface area contributed by atoms with E-state index in [1.54, 1.807) is 0 Å². The topological polar surface area (TPSA) is 52.8 Å². The van der Waals surface area contributed by atoms with Gasteiger partial charge in [0.2, 0.25) is 0 Å². The van der Waals surface area contributed by atoms with Gasteiger partial charge in [-0.25, -0.2) is 0 Å². The lowest BCUT2D eigenvalue weighted by molar-refractivity contribution is 0.303. The molecule has 1 aromatic carbocycles. The third kappa shape index (κ3) is 3.03. The maximum absolute atomic E-state index is 8.60. The zero-order chi connectivity index (χ0) is 10.2. The van der Waals surface area contributed by atoms with Gasteiger partial charge in [-0.05, 0) is 12.0 Å². The molecular formula is C11H13NO2. The van der Waals surface area contributed by atoms with Crippen LogP contribution in [0.15, 0.2) is 35.5 Å². The number of hydrogen-bond donors (Lipinski definition) is 2. The van der Waals surface area contributed by atoms with E-state index >= 15 is 0 Å². The highest BCUT2D eigenvalue weighted by atomic mass is 16.4.